The first-order chi connectivity index (χ1) is 12.1. The number of aryl methyl sites for hydroxylation is 1. The predicted octanol–water partition coefficient (Wildman–Crippen LogP) is 5.00. The average molecular weight is 341 g/mol. The minimum atomic E-state index is -0.364. The summed E-state index contributed by atoms with van der Waals surface area (Å²) in [5.41, 5.74) is 4.40. The van der Waals surface area contributed by atoms with Gasteiger partial charge in [0.2, 0.25) is 0 Å². The van der Waals surface area contributed by atoms with E-state index in [0.29, 0.717) is 17.9 Å². The van der Waals surface area contributed by atoms with Crippen molar-refractivity contribution in [2.45, 2.75) is 40.7 Å². The Morgan fingerprint density at radius 1 is 1.00 bits per heavy atom. The van der Waals surface area contributed by atoms with Gasteiger partial charge in [0.05, 0.1) is 18.4 Å². The molecule has 0 fully saturated rings. The number of benzene rings is 2. The lowest BCUT2D eigenvalue weighted by Gasteiger charge is -2.05. The molecule has 25 heavy (non-hydrogen) atoms. The Labute approximate surface area is 150 Å². The molecule has 0 heterocycles. The van der Waals surface area contributed by atoms with Crippen molar-refractivity contribution in [2.24, 2.45) is 5.16 Å². The molecule has 0 unspecified atom stereocenters. The van der Waals surface area contributed by atoms with Crippen LogP contribution in [0.2, 0.25) is 0 Å². The second-order valence-corrected chi connectivity index (χ2v) is 5.19. The van der Waals surface area contributed by atoms with Gasteiger partial charge in [-0.15, -0.1) is 0 Å². The van der Waals surface area contributed by atoms with Gasteiger partial charge in [-0.3, -0.25) is 0 Å². The van der Waals surface area contributed by atoms with E-state index in [0.717, 1.165) is 17.5 Å². The van der Waals surface area contributed by atoms with Crippen LogP contribution in [0.3, 0.4) is 0 Å². The zero-order valence-electron chi connectivity index (χ0n) is 15.7. The first kappa shape index (κ1) is 20.4. The van der Waals surface area contributed by atoms with Crippen LogP contribution in [-0.2, 0) is 22.6 Å². The molecule has 0 atom stereocenters. The van der Waals surface area contributed by atoms with Crippen LogP contribution in [0.25, 0.3) is 0 Å². The van der Waals surface area contributed by atoms with Crippen LogP contribution < -0.4 is 0 Å². The molecule has 2 aromatic rings. The average Bonchev–Trinajstić information content (AvgIpc) is 2.69. The van der Waals surface area contributed by atoms with Crippen molar-refractivity contribution in [1.29, 1.82) is 0 Å². The molecule has 0 aliphatic heterocycles. The zero-order valence-corrected chi connectivity index (χ0v) is 15.7. The van der Waals surface area contributed by atoms with Crippen LogP contribution >= 0.6 is 0 Å². The van der Waals surface area contributed by atoms with Crippen LogP contribution in [0.4, 0.5) is 0 Å². The molecule has 0 N–H and O–H groups in total. The van der Waals surface area contributed by atoms with Gasteiger partial charge in [0, 0.05) is 0 Å². The highest BCUT2D eigenvalue weighted by atomic mass is 16.6. The maximum atomic E-state index is 11.5. The summed E-state index contributed by atoms with van der Waals surface area (Å²) in [7, 11) is 1.36. The summed E-state index contributed by atoms with van der Waals surface area (Å²) >= 11 is 0. The van der Waals surface area contributed by atoms with E-state index in [9.17, 15) is 4.79 Å². The fraction of sp³-hybridized carbons (Fsp3) is 0.333. The molecule has 0 aliphatic rings. The van der Waals surface area contributed by atoms with Gasteiger partial charge in [0.25, 0.3) is 0 Å². The number of carbonyl (C=O) groups is 1. The number of oxime groups is 1. The van der Waals surface area contributed by atoms with E-state index < -0.39 is 0 Å². The zero-order chi connectivity index (χ0) is 18.7. The number of nitrogens with zero attached hydrogens (tertiary/aromatic N) is 1. The monoisotopic (exact) mass is 341 g/mol. The van der Waals surface area contributed by atoms with Crippen LogP contribution in [-0.4, -0.2) is 18.8 Å². The van der Waals surface area contributed by atoms with Crippen molar-refractivity contribution in [1.82, 2.24) is 0 Å². The van der Waals surface area contributed by atoms with Crippen LogP contribution in [0.1, 0.15) is 54.7 Å². The topological polar surface area (TPSA) is 47.9 Å². The van der Waals surface area contributed by atoms with E-state index in [1.807, 2.05) is 39.0 Å². The number of carbonyl (C=O) groups excluding carboxylic acids is 1. The maximum absolute atomic E-state index is 11.5. The third-order valence-electron chi connectivity index (χ3n) is 3.57. The van der Waals surface area contributed by atoms with Crippen molar-refractivity contribution in [3.8, 4) is 0 Å². The molecular formula is C21H27NO3. The lowest BCUT2D eigenvalue weighted by atomic mass is 10.1. The third kappa shape index (κ3) is 6.42. The van der Waals surface area contributed by atoms with Crippen LogP contribution in [0.5, 0.6) is 0 Å². The van der Waals surface area contributed by atoms with Gasteiger partial charge in [-0.2, -0.15) is 0 Å². The largest absolute Gasteiger partial charge is 0.465 e. The van der Waals surface area contributed by atoms with Gasteiger partial charge in [-0.05, 0) is 42.2 Å². The Hall–Kier alpha value is -2.62. The van der Waals surface area contributed by atoms with Gasteiger partial charge in [0.15, 0.2) is 0 Å². The van der Waals surface area contributed by atoms with E-state index in [1.165, 1.54) is 12.7 Å². The Kier molecular flexibility index (Phi) is 9.01. The van der Waals surface area contributed by atoms with E-state index in [1.54, 1.807) is 18.2 Å². The second-order valence-electron chi connectivity index (χ2n) is 5.19. The number of rotatable bonds is 6. The van der Waals surface area contributed by atoms with Gasteiger partial charge in [0.1, 0.15) is 6.61 Å². The number of methoxy groups -OCH3 is 1. The molecule has 0 saturated heterocycles. The molecule has 0 spiro atoms. The second kappa shape index (κ2) is 11.0. The fourth-order valence-electron chi connectivity index (χ4n) is 2.12. The molecule has 0 radical (unpaired) electrons. The van der Waals surface area contributed by atoms with Crippen molar-refractivity contribution in [2.75, 3.05) is 7.11 Å². The summed E-state index contributed by atoms with van der Waals surface area (Å²) in [5, 5.41) is 4.12. The Morgan fingerprint density at radius 2 is 1.60 bits per heavy atom. The Bertz CT molecular complexity index is 691. The minimum absolute atomic E-state index is 0.364. The SMILES string of the molecule is CC.CCc1ccc(CO/N=C(\C)c2cccc(C(=O)OC)c2)cc1. The summed E-state index contributed by atoms with van der Waals surface area (Å²) in [6.07, 6.45) is 1.02. The molecule has 0 amide bonds. The molecule has 4 nitrogen and oxygen atoms in total. The molecular weight excluding hydrogens is 314 g/mol. The third-order valence-corrected chi connectivity index (χ3v) is 3.57. The summed E-state index contributed by atoms with van der Waals surface area (Å²) in [4.78, 5) is 17.0. The number of hydrogen-bond acceptors (Lipinski definition) is 4. The molecule has 0 aliphatic carbocycles. The Balaban J connectivity index is 0.00000151. The van der Waals surface area contributed by atoms with Crippen molar-refractivity contribution >= 4 is 11.7 Å². The number of esters is 1. The summed E-state index contributed by atoms with van der Waals surface area (Å²) in [6.45, 7) is 8.39. The molecule has 2 rings (SSSR count). The highest BCUT2D eigenvalue weighted by molar-refractivity contribution is 6.00. The first-order valence-corrected chi connectivity index (χ1v) is 8.57. The minimum Gasteiger partial charge on any atom is -0.465 e. The van der Waals surface area contributed by atoms with Crippen molar-refractivity contribution in [3.63, 3.8) is 0 Å². The highest BCUT2D eigenvalue weighted by Gasteiger charge is 2.07. The van der Waals surface area contributed by atoms with E-state index in [2.05, 4.69) is 24.2 Å². The quantitative estimate of drug-likeness (QED) is 0.422. The van der Waals surface area contributed by atoms with Crippen molar-refractivity contribution in [3.05, 3.63) is 70.8 Å². The summed E-state index contributed by atoms with van der Waals surface area (Å²) in [5.74, 6) is -0.364. The molecule has 4 heteroatoms. The molecule has 2 aromatic carbocycles. The molecule has 0 saturated carbocycles. The van der Waals surface area contributed by atoms with E-state index in [4.69, 9.17) is 9.57 Å². The summed E-state index contributed by atoms with van der Waals surface area (Å²) < 4.78 is 4.72. The van der Waals surface area contributed by atoms with E-state index in [-0.39, 0.29) is 5.97 Å². The standard InChI is InChI=1S/C19H21NO3.C2H6/c1-4-15-8-10-16(11-9-15)13-23-20-14(2)17-6-5-7-18(12-17)19(21)22-3;1-2/h5-12H,4,13H2,1-3H3;1-2H3/b20-14+;. The summed E-state index contributed by atoms with van der Waals surface area (Å²) in [6, 6.07) is 15.4. The van der Waals surface area contributed by atoms with Crippen LogP contribution in [0, 0.1) is 0 Å². The highest BCUT2D eigenvalue weighted by Crippen LogP contribution is 2.10. The van der Waals surface area contributed by atoms with Gasteiger partial charge in [-0.25, -0.2) is 4.79 Å². The first-order valence-electron chi connectivity index (χ1n) is 8.57. The fourth-order valence-corrected chi connectivity index (χ4v) is 2.12. The molecule has 0 aromatic heterocycles. The lowest BCUT2D eigenvalue weighted by molar-refractivity contribution is 0.0600. The van der Waals surface area contributed by atoms with Gasteiger partial charge in [-0.1, -0.05) is 62.3 Å². The molecule has 134 valence electrons. The lowest BCUT2D eigenvalue weighted by Crippen LogP contribution is -2.04. The Morgan fingerprint density at radius 3 is 2.20 bits per heavy atom. The van der Waals surface area contributed by atoms with Crippen molar-refractivity contribution < 1.29 is 14.4 Å². The molecule has 0 bridgehead atoms. The van der Waals surface area contributed by atoms with Gasteiger partial charge < -0.3 is 9.57 Å². The number of ether oxygens (including phenoxy) is 1. The normalized spacial score (nSPS) is 10.5. The number of hydrogen-bond donors (Lipinski definition) is 0. The smallest absolute Gasteiger partial charge is 0.337 e. The van der Waals surface area contributed by atoms with E-state index >= 15 is 0 Å². The maximum Gasteiger partial charge on any atom is 0.337 e. The van der Waals surface area contributed by atoms with Gasteiger partial charge >= 0.3 is 5.97 Å². The van der Waals surface area contributed by atoms with Crippen LogP contribution in [0.15, 0.2) is 53.7 Å². The predicted molar refractivity (Wildman–Crippen MR) is 102 cm³/mol.